The van der Waals surface area contributed by atoms with Gasteiger partial charge >= 0.3 is 5.97 Å². The highest BCUT2D eigenvalue weighted by molar-refractivity contribution is 5.88. The van der Waals surface area contributed by atoms with E-state index in [2.05, 4.69) is 14.9 Å². The van der Waals surface area contributed by atoms with E-state index in [1.165, 1.54) is 0 Å². The number of hydrogen-bond donors (Lipinski definition) is 3. The van der Waals surface area contributed by atoms with Crippen LogP contribution in [0.3, 0.4) is 0 Å². The van der Waals surface area contributed by atoms with Crippen molar-refractivity contribution >= 4 is 5.97 Å². The number of nitrogens with zero attached hydrogens (tertiary/aromatic N) is 2. The summed E-state index contributed by atoms with van der Waals surface area (Å²) in [7, 11) is 0. The third-order valence-corrected chi connectivity index (χ3v) is 3.84. The molecule has 1 atom stereocenters. The van der Waals surface area contributed by atoms with Crippen LogP contribution in [0.5, 0.6) is 0 Å². The maximum Gasteiger partial charge on any atom is 0.335 e. The van der Waals surface area contributed by atoms with Gasteiger partial charge in [0.2, 0.25) is 0 Å². The third kappa shape index (κ3) is 3.03. The molecular formula is C16H19N3O3. The highest BCUT2D eigenvalue weighted by atomic mass is 16.4. The predicted molar refractivity (Wildman–Crippen MR) is 81.6 cm³/mol. The number of aliphatic hydroxyl groups excluding tert-OH is 1. The molecule has 1 aliphatic heterocycles. The monoisotopic (exact) mass is 301 g/mol. The van der Waals surface area contributed by atoms with Crippen molar-refractivity contribution in [1.82, 2.24) is 14.9 Å². The Kier molecular flexibility index (Phi) is 3.96. The van der Waals surface area contributed by atoms with Crippen molar-refractivity contribution in [1.29, 1.82) is 0 Å². The molecule has 0 bridgehead atoms. The minimum absolute atomic E-state index is 0.267. The zero-order valence-corrected chi connectivity index (χ0v) is 12.4. The Hall–Kier alpha value is -2.18. The van der Waals surface area contributed by atoms with Crippen LogP contribution >= 0.6 is 0 Å². The van der Waals surface area contributed by atoms with Crippen molar-refractivity contribution < 1.29 is 15.0 Å². The molecule has 0 unspecified atom stereocenters. The lowest BCUT2D eigenvalue weighted by atomic mass is 10.1. The van der Waals surface area contributed by atoms with E-state index in [-0.39, 0.29) is 11.7 Å². The lowest BCUT2D eigenvalue weighted by Gasteiger charge is -2.26. The Bertz CT molecular complexity index is 676. The second-order valence-corrected chi connectivity index (χ2v) is 5.73. The molecular weight excluding hydrogens is 282 g/mol. The Morgan fingerprint density at radius 2 is 2.14 bits per heavy atom. The zero-order chi connectivity index (χ0) is 15.7. The molecule has 2 aromatic rings. The lowest BCUT2D eigenvalue weighted by Crippen LogP contribution is -2.35. The fraction of sp³-hybridized carbons (Fsp3) is 0.375. The molecule has 0 fully saturated rings. The number of carboxylic acid groups (broad SMARTS) is 1. The molecule has 3 rings (SSSR count). The fourth-order valence-electron chi connectivity index (χ4n) is 2.79. The summed E-state index contributed by atoms with van der Waals surface area (Å²) in [5.41, 5.74) is 3.27. The first-order valence-electron chi connectivity index (χ1n) is 7.35. The average Bonchev–Trinajstić information content (AvgIpc) is 2.90. The van der Waals surface area contributed by atoms with Crippen LogP contribution in [0.1, 0.15) is 28.7 Å². The van der Waals surface area contributed by atoms with Gasteiger partial charge in [-0.15, -0.1) is 0 Å². The van der Waals surface area contributed by atoms with E-state index >= 15 is 0 Å². The number of aromatic nitrogens is 2. The summed E-state index contributed by atoms with van der Waals surface area (Å²) in [6.45, 7) is 4.08. The minimum Gasteiger partial charge on any atom is -0.478 e. The largest absolute Gasteiger partial charge is 0.478 e. The quantitative estimate of drug-likeness (QED) is 0.796. The van der Waals surface area contributed by atoms with Crippen molar-refractivity contribution in [3.63, 3.8) is 0 Å². The Morgan fingerprint density at radius 3 is 2.77 bits per heavy atom. The summed E-state index contributed by atoms with van der Waals surface area (Å²) in [5.74, 6) is -0.167. The molecule has 1 aromatic carbocycles. The topological polar surface area (TPSA) is 89.4 Å². The van der Waals surface area contributed by atoms with E-state index in [1.807, 2.05) is 0 Å². The molecule has 22 heavy (non-hydrogen) atoms. The number of H-pyrrole nitrogens is 1. The Morgan fingerprint density at radius 1 is 1.41 bits per heavy atom. The van der Waals surface area contributed by atoms with Gasteiger partial charge in [-0.25, -0.2) is 9.78 Å². The molecule has 0 saturated heterocycles. The van der Waals surface area contributed by atoms with Gasteiger partial charge in [0.25, 0.3) is 0 Å². The second-order valence-electron chi connectivity index (χ2n) is 5.73. The van der Waals surface area contributed by atoms with Crippen LogP contribution in [0, 0.1) is 0 Å². The molecule has 0 radical (unpaired) electrons. The van der Waals surface area contributed by atoms with Crippen molar-refractivity contribution in [2.24, 2.45) is 0 Å². The SMILES string of the molecule is C[C@H](O)CN1CCc2nc(-c3ccc(C(=O)O)cc3)[nH]c2C1. The molecule has 1 aliphatic rings. The van der Waals surface area contributed by atoms with Gasteiger partial charge in [0, 0.05) is 31.6 Å². The summed E-state index contributed by atoms with van der Waals surface area (Å²) >= 11 is 0. The van der Waals surface area contributed by atoms with E-state index in [0.717, 1.165) is 42.3 Å². The number of aromatic carboxylic acids is 1. The molecule has 1 aromatic heterocycles. The molecule has 3 N–H and O–H groups in total. The van der Waals surface area contributed by atoms with Gasteiger partial charge in [0.1, 0.15) is 5.82 Å². The van der Waals surface area contributed by atoms with E-state index in [0.29, 0.717) is 6.54 Å². The number of aliphatic hydroxyl groups is 1. The van der Waals surface area contributed by atoms with E-state index in [4.69, 9.17) is 5.11 Å². The summed E-state index contributed by atoms with van der Waals surface area (Å²) in [5, 5.41) is 18.4. The molecule has 0 saturated carbocycles. The molecule has 116 valence electrons. The van der Waals surface area contributed by atoms with Gasteiger partial charge in [-0.3, -0.25) is 4.90 Å². The summed E-state index contributed by atoms with van der Waals surface area (Å²) in [4.78, 5) is 21.0. The Labute approximate surface area is 128 Å². The number of imidazole rings is 1. The van der Waals surface area contributed by atoms with Gasteiger partial charge in [-0.05, 0) is 19.1 Å². The highest BCUT2D eigenvalue weighted by Crippen LogP contribution is 2.23. The van der Waals surface area contributed by atoms with Gasteiger partial charge in [-0.2, -0.15) is 0 Å². The fourth-order valence-corrected chi connectivity index (χ4v) is 2.79. The molecule has 6 heteroatoms. The number of aromatic amines is 1. The molecule has 2 heterocycles. The van der Waals surface area contributed by atoms with Crippen LogP contribution in [-0.2, 0) is 13.0 Å². The zero-order valence-electron chi connectivity index (χ0n) is 12.4. The summed E-state index contributed by atoms with van der Waals surface area (Å²) in [6.07, 6.45) is 0.513. The number of hydrogen-bond acceptors (Lipinski definition) is 4. The van der Waals surface area contributed by atoms with Crippen LogP contribution in [0.15, 0.2) is 24.3 Å². The standard InChI is InChI=1S/C16H19N3O3/c1-10(20)8-19-7-6-13-14(9-19)18-15(17-13)11-2-4-12(5-3-11)16(21)22/h2-5,10,20H,6-9H2,1H3,(H,17,18)(H,21,22)/t10-/m0/s1. The minimum atomic E-state index is -0.931. The van der Waals surface area contributed by atoms with E-state index in [9.17, 15) is 9.90 Å². The van der Waals surface area contributed by atoms with Crippen molar-refractivity contribution in [3.05, 3.63) is 41.2 Å². The average molecular weight is 301 g/mol. The number of carbonyl (C=O) groups is 1. The van der Waals surface area contributed by atoms with Gasteiger partial charge in [-0.1, -0.05) is 12.1 Å². The smallest absolute Gasteiger partial charge is 0.335 e. The molecule has 6 nitrogen and oxygen atoms in total. The summed E-state index contributed by atoms with van der Waals surface area (Å²) in [6, 6.07) is 6.69. The van der Waals surface area contributed by atoms with Gasteiger partial charge in [0.15, 0.2) is 0 Å². The molecule has 0 aliphatic carbocycles. The first-order valence-corrected chi connectivity index (χ1v) is 7.35. The number of carboxylic acids is 1. The van der Waals surface area contributed by atoms with Crippen LogP contribution < -0.4 is 0 Å². The first-order chi connectivity index (χ1) is 10.5. The van der Waals surface area contributed by atoms with Crippen LogP contribution in [0.2, 0.25) is 0 Å². The van der Waals surface area contributed by atoms with Gasteiger partial charge < -0.3 is 15.2 Å². The van der Waals surface area contributed by atoms with E-state index < -0.39 is 5.97 Å². The number of β-amino-alcohol motifs (C(OH)–C–C–N with tert-alkyl or cyclic N) is 1. The number of nitrogens with one attached hydrogen (secondary N) is 1. The van der Waals surface area contributed by atoms with Crippen LogP contribution in [0.4, 0.5) is 0 Å². The maximum absolute atomic E-state index is 10.9. The van der Waals surface area contributed by atoms with Crippen molar-refractivity contribution in [3.8, 4) is 11.4 Å². The normalized spacial score (nSPS) is 16.3. The molecule has 0 spiro atoms. The van der Waals surface area contributed by atoms with Gasteiger partial charge in [0.05, 0.1) is 23.1 Å². The van der Waals surface area contributed by atoms with Crippen LogP contribution in [0.25, 0.3) is 11.4 Å². The second kappa shape index (κ2) is 5.90. The first kappa shape index (κ1) is 14.7. The number of fused-ring (bicyclic) bond motifs is 1. The highest BCUT2D eigenvalue weighted by Gasteiger charge is 2.21. The van der Waals surface area contributed by atoms with Crippen molar-refractivity contribution in [2.75, 3.05) is 13.1 Å². The number of rotatable bonds is 4. The Balaban J connectivity index is 1.80. The summed E-state index contributed by atoms with van der Waals surface area (Å²) < 4.78 is 0. The predicted octanol–water partition coefficient (Wildman–Crippen LogP) is 1.51. The molecule has 0 amide bonds. The number of benzene rings is 1. The lowest BCUT2D eigenvalue weighted by molar-refractivity contribution is 0.0697. The van der Waals surface area contributed by atoms with Crippen LogP contribution in [-0.4, -0.2) is 50.2 Å². The van der Waals surface area contributed by atoms with E-state index in [1.54, 1.807) is 31.2 Å². The maximum atomic E-state index is 10.9. The third-order valence-electron chi connectivity index (χ3n) is 3.84. The van der Waals surface area contributed by atoms with Crippen molar-refractivity contribution in [2.45, 2.75) is 26.0 Å².